The Morgan fingerprint density at radius 2 is 2.40 bits per heavy atom. The van der Waals surface area contributed by atoms with Gasteiger partial charge in [-0.1, -0.05) is 28.1 Å². The molecule has 0 aliphatic rings. The molecule has 0 atom stereocenters. The Balaban J connectivity index is 2.92. The number of hydrogen-bond acceptors (Lipinski definition) is 2. The number of halogens is 2. The number of allylic oxidation sites excluding steroid dienone is 1. The molecular formula is C10H9BrFNO2. The van der Waals surface area contributed by atoms with Gasteiger partial charge in [0.05, 0.1) is 0 Å². The predicted octanol–water partition coefficient (Wildman–Crippen LogP) is 2.72. The summed E-state index contributed by atoms with van der Waals surface area (Å²) in [5.74, 6) is -2.27. The van der Waals surface area contributed by atoms with Gasteiger partial charge < -0.3 is 5.11 Å². The predicted molar refractivity (Wildman–Crippen MR) is 58.6 cm³/mol. The summed E-state index contributed by atoms with van der Waals surface area (Å²) in [5, 5.41) is 9.47. The quantitative estimate of drug-likeness (QED) is 0.678. The van der Waals surface area contributed by atoms with Gasteiger partial charge in [-0.2, -0.15) is 4.39 Å². The van der Waals surface area contributed by atoms with Gasteiger partial charge in [0, 0.05) is 11.5 Å². The molecule has 0 aliphatic carbocycles. The Bertz CT molecular complexity index is 393. The Labute approximate surface area is 94.8 Å². The summed E-state index contributed by atoms with van der Waals surface area (Å²) in [6.45, 7) is 0. The van der Waals surface area contributed by atoms with Crippen LogP contribution < -0.4 is 0 Å². The fraction of sp³-hybridized carbons (Fsp3) is 0.200. The first kappa shape index (κ1) is 11.8. The number of aromatic nitrogens is 1. The second kappa shape index (κ2) is 5.60. The molecule has 80 valence electrons. The van der Waals surface area contributed by atoms with Crippen molar-refractivity contribution in [3.05, 3.63) is 35.4 Å². The minimum atomic E-state index is -1.31. The number of alkyl halides is 1. The van der Waals surface area contributed by atoms with Gasteiger partial charge >= 0.3 is 5.97 Å². The molecule has 0 fully saturated rings. The molecule has 0 amide bonds. The third kappa shape index (κ3) is 3.43. The topological polar surface area (TPSA) is 50.2 Å². The molecule has 1 aromatic rings. The SMILES string of the molecule is O=C(O)c1cc(C=CCCBr)cnc1F. The Hall–Kier alpha value is -1.23. The number of aromatic carboxylic acids is 1. The molecule has 3 nitrogen and oxygen atoms in total. The molecule has 1 N–H and O–H groups in total. The van der Waals surface area contributed by atoms with Gasteiger partial charge in [-0.05, 0) is 18.1 Å². The van der Waals surface area contributed by atoms with Crippen LogP contribution in [0, 0.1) is 5.95 Å². The van der Waals surface area contributed by atoms with Gasteiger partial charge in [0.1, 0.15) is 5.56 Å². The van der Waals surface area contributed by atoms with Gasteiger partial charge in [0.2, 0.25) is 5.95 Å². The minimum absolute atomic E-state index is 0.406. The van der Waals surface area contributed by atoms with Crippen LogP contribution in [0.5, 0.6) is 0 Å². The third-order valence-electron chi connectivity index (χ3n) is 1.68. The number of carboxylic acids is 1. The van der Waals surface area contributed by atoms with E-state index >= 15 is 0 Å². The first-order valence-corrected chi connectivity index (χ1v) is 5.38. The molecule has 0 bridgehead atoms. The van der Waals surface area contributed by atoms with E-state index in [9.17, 15) is 9.18 Å². The molecule has 1 aromatic heterocycles. The molecule has 0 aliphatic heterocycles. The third-order valence-corrected chi connectivity index (χ3v) is 2.13. The molecular weight excluding hydrogens is 265 g/mol. The van der Waals surface area contributed by atoms with E-state index in [-0.39, 0.29) is 0 Å². The Kier molecular flexibility index (Phi) is 4.42. The lowest BCUT2D eigenvalue weighted by molar-refractivity contribution is 0.0690. The van der Waals surface area contributed by atoms with Gasteiger partial charge in [-0.3, -0.25) is 0 Å². The van der Waals surface area contributed by atoms with Crippen molar-refractivity contribution in [2.45, 2.75) is 6.42 Å². The van der Waals surface area contributed by atoms with Crippen molar-refractivity contribution in [3.63, 3.8) is 0 Å². The summed E-state index contributed by atoms with van der Waals surface area (Å²) in [7, 11) is 0. The van der Waals surface area contributed by atoms with Crippen molar-refractivity contribution in [3.8, 4) is 0 Å². The molecule has 0 saturated heterocycles. The molecule has 15 heavy (non-hydrogen) atoms. The van der Waals surface area contributed by atoms with Crippen molar-refractivity contribution >= 4 is 28.0 Å². The smallest absolute Gasteiger partial charge is 0.340 e. The second-order valence-electron chi connectivity index (χ2n) is 2.79. The Morgan fingerprint density at radius 3 is 3.00 bits per heavy atom. The zero-order chi connectivity index (χ0) is 11.3. The maximum atomic E-state index is 12.9. The Morgan fingerprint density at radius 1 is 1.67 bits per heavy atom. The largest absolute Gasteiger partial charge is 0.478 e. The van der Waals surface area contributed by atoms with E-state index in [1.165, 1.54) is 12.3 Å². The summed E-state index contributed by atoms with van der Waals surface area (Å²) in [5.41, 5.74) is 0.172. The van der Waals surface area contributed by atoms with E-state index in [4.69, 9.17) is 5.11 Å². The van der Waals surface area contributed by atoms with Crippen molar-refractivity contribution in [1.29, 1.82) is 0 Å². The molecule has 0 saturated carbocycles. The van der Waals surface area contributed by atoms with E-state index in [2.05, 4.69) is 20.9 Å². The van der Waals surface area contributed by atoms with Gasteiger partial charge in [-0.15, -0.1) is 0 Å². The first-order valence-electron chi connectivity index (χ1n) is 4.26. The average Bonchev–Trinajstić information content (AvgIpc) is 2.20. The highest BCUT2D eigenvalue weighted by Crippen LogP contribution is 2.09. The normalized spacial score (nSPS) is 10.8. The van der Waals surface area contributed by atoms with E-state index in [0.29, 0.717) is 5.56 Å². The minimum Gasteiger partial charge on any atom is -0.478 e. The lowest BCUT2D eigenvalue weighted by atomic mass is 10.2. The summed E-state index contributed by atoms with van der Waals surface area (Å²) in [6.07, 6.45) is 5.68. The summed E-state index contributed by atoms with van der Waals surface area (Å²) in [4.78, 5) is 14.0. The first-order chi connectivity index (χ1) is 7.15. The van der Waals surface area contributed by atoms with E-state index in [0.717, 1.165) is 11.8 Å². The van der Waals surface area contributed by atoms with Crippen LogP contribution >= 0.6 is 15.9 Å². The fourth-order valence-corrected chi connectivity index (χ4v) is 1.25. The van der Waals surface area contributed by atoms with Gasteiger partial charge in [-0.25, -0.2) is 9.78 Å². The maximum absolute atomic E-state index is 12.9. The van der Waals surface area contributed by atoms with E-state index < -0.39 is 17.5 Å². The van der Waals surface area contributed by atoms with Gasteiger partial charge in [0.25, 0.3) is 0 Å². The number of carbonyl (C=O) groups is 1. The summed E-state index contributed by atoms with van der Waals surface area (Å²) in [6, 6.07) is 1.26. The lowest BCUT2D eigenvalue weighted by Gasteiger charge is -1.98. The van der Waals surface area contributed by atoms with Crippen molar-refractivity contribution in [1.82, 2.24) is 4.98 Å². The second-order valence-corrected chi connectivity index (χ2v) is 3.59. The van der Waals surface area contributed by atoms with Crippen LogP contribution in [0.1, 0.15) is 22.3 Å². The maximum Gasteiger partial charge on any atom is 0.340 e. The van der Waals surface area contributed by atoms with Crippen LogP contribution in [-0.2, 0) is 0 Å². The summed E-state index contributed by atoms with van der Waals surface area (Å²) < 4.78 is 12.9. The standard InChI is InChI=1S/C10H9BrFNO2/c11-4-2-1-3-7-5-8(10(14)15)9(12)13-6-7/h1,3,5-6H,2,4H2,(H,14,15). The van der Waals surface area contributed by atoms with Crippen LogP contribution in [0.4, 0.5) is 4.39 Å². The molecule has 0 unspecified atom stereocenters. The molecule has 1 heterocycles. The zero-order valence-electron chi connectivity index (χ0n) is 7.78. The van der Waals surface area contributed by atoms with Gasteiger partial charge in [0.15, 0.2) is 0 Å². The van der Waals surface area contributed by atoms with Crippen molar-refractivity contribution in [2.75, 3.05) is 5.33 Å². The number of hydrogen-bond donors (Lipinski definition) is 1. The van der Waals surface area contributed by atoms with Crippen molar-refractivity contribution < 1.29 is 14.3 Å². The zero-order valence-corrected chi connectivity index (χ0v) is 9.37. The van der Waals surface area contributed by atoms with E-state index in [1.54, 1.807) is 6.08 Å². The van der Waals surface area contributed by atoms with E-state index in [1.807, 2.05) is 6.08 Å². The molecule has 0 radical (unpaired) electrons. The number of rotatable bonds is 4. The molecule has 1 rings (SSSR count). The lowest BCUT2D eigenvalue weighted by Crippen LogP contribution is -2.02. The average molecular weight is 274 g/mol. The monoisotopic (exact) mass is 273 g/mol. The molecule has 0 spiro atoms. The fourth-order valence-electron chi connectivity index (χ4n) is 0.988. The molecule has 0 aromatic carbocycles. The van der Waals surface area contributed by atoms with Crippen LogP contribution in [-0.4, -0.2) is 21.4 Å². The highest BCUT2D eigenvalue weighted by molar-refractivity contribution is 9.09. The van der Waals surface area contributed by atoms with Crippen LogP contribution in [0.2, 0.25) is 0 Å². The van der Waals surface area contributed by atoms with Crippen LogP contribution in [0.25, 0.3) is 6.08 Å². The highest BCUT2D eigenvalue weighted by Gasteiger charge is 2.10. The van der Waals surface area contributed by atoms with Crippen molar-refractivity contribution in [2.24, 2.45) is 0 Å². The number of nitrogens with zero attached hydrogens (tertiary/aromatic N) is 1. The summed E-state index contributed by atoms with van der Waals surface area (Å²) >= 11 is 3.25. The number of pyridine rings is 1. The van der Waals surface area contributed by atoms with Crippen LogP contribution in [0.15, 0.2) is 18.3 Å². The number of carboxylic acid groups (broad SMARTS) is 1. The molecule has 5 heteroatoms. The highest BCUT2D eigenvalue weighted by atomic mass is 79.9. The van der Waals surface area contributed by atoms with Crippen LogP contribution in [0.3, 0.4) is 0 Å².